The minimum absolute atomic E-state index is 0.150. The molecule has 2 aliphatic heterocycles. The number of nitrogens with zero attached hydrogens (tertiary/aromatic N) is 10. The number of non-ortho nitro benzene ring substituents is 2. The number of hydrogen-bond donors (Lipinski definition) is 6. The molecule has 2 unspecified atom stereocenters. The monoisotopic (exact) mass is 994 g/mol. The Balaban J connectivity index is 0.902. The highest BCUT2D eigenvalue weighted by atomic mass is 32.2. The predicted molar refractivity (Wildman–Crippen MR) is 244 cm³/mol. The van der Waals surface area contributed by atoms with E-state index in [0.717, 1.165) is 36.4 Å². The summed E-state index contributed by atoms with van der Waals surface area (Å²) in [4.78, 5) is 59.4. The lowest BCUT2D eigenvalue weighted by atomic mass is 9.95. The second kappa shape index (κ2) is 17.8. The number of nitro groups is 2. The highest BCUT2D eigenvalue weighted by molar-refractivity contribution is 7.86. The number of hydrogen-bond acceptors (Lipinski definition) is 19. The molecule has 6 aromatic rings. The number of nitrogens with one attached hydrogen (secondary N) is 2. The highest BCUT2D eigenvalue weighted by Crippen LogP contribution is 2.43. The molecule has 0 radical (unpaired) electrons. The fraction of sp³-hybridized carbons (Fsp3) is 0.0976. The smallest absolute Gasteiger partial charge is 0.323 e. The molecule has 356 valence electrons. The van der Waals surface area contributed by atoms with Gasteiger partial charge < -0.3 is 20.8 Å². The summed E-state index contributed by atoms with van der Waals surface area (Å²) in [7, 11) is -9.92. The molecule has 0 spiro atoms. The Hall–Kier alpha value is -9.19. The zero-order valence-corrected chi connectivity index (χ0v) is 37.1. The molecule has 0 fully saturated rings. The quantitative estimate of drug-likeness (QED) is 0.0302. The van der Waals surface area contributed by atoms with Gasteiger partial charge in [-0.15, -0.1) is 10.2 Å². The molecule has 6 aromatic carbocycles. The van der Waals surface area contributed by atoms with E-state index in [4.69, 9.17) is 0 Å². The number of benzene rings is 6. The van der Waals surface area contributed by atoms with E-state index < -0.39 is 92.4 Å². The maximum absolute atomic E-state index is 13.5. The standard InChI is InChI=1S/C41H30N12O15S2/c1-19-35(39(56)50(46-19)48-44-37-27-13-11-25(52(59)60)15-29(27)33(17-31(37)54)69(63,64)65)21-3-7-23(8-4-21)42-41(58)43-24-9-5-22(6-10-24)36-20(2)47-51(40(36)57)49-45-38-28-14-12-26(53(61)62)16-30(28)34(18-32(38)55)70(66,67)68/h3-18,35-36,54-55H,1-2H3,(H2,42,43,58)(H,63,64,65)(H,66,67,68). The van der Waals surface area contributed by atoms with Gasteiger partial charge in [0.05, 0.1) is 21.3 Å². The number of fused-ring (bicyclic) bond motifs is 2. The third kappa shape index (κ3) is 9.12. The first kappa shape index (κ1) is 47.3. The number of phenolic OH excluding ortho intramolecular Hbond substituents is 2. The number of hydrazone groups is 2. The van der Waals surface area contributed by atoms with Crippen molar-refractivity contribution in [3.05, 3.63) is 128 Å². The number of carbonyl (C=O) groups excluding carboxylic acids is 3. The van der Waals surface area contributed by atoms with E-state index in [0.29, 0.717) is 44.9 Å². The van der Waals surface area contributed by atoms with Gasteiger partial charge in [0.1, 0.15) is 44.5 Å². The molecular formula is C41H30N12O15S2. The maximum atomic E-state index is 13.5. The van der Waals surface area contributed by atoms with E-state index in [1.807, 2.05) is 0 Å². The van der Waals surface area contributed by atoms with Crippen LogP contribution in [-0.2, 0) is 29.8 Å². The van der Waals surface area contributed by atoms with Gasteiger partial charge >= 0.3 is 6.03 Å². The van der Waals surface area contributed by atoms with Crippen LogP contribution in [0, 0.1) is 20.2 Å². The largest absolute Gasteiger partial charge is 0.506 e. The van der Waals surface area contributed by atoms with Crippen molar-refractivity contribution >= 4 is 105 Å². The van der Waals surface area contributed by atoms with Crippen LogP contribution in [0.25, 0.3) is 21.5 Å². The van der Waals surface area contributed by atoms with Gasteiger partial charge in [-0.2, -0.15) is 27.0 Å². The summed E-state index contributed by atoms with van der Waals surface area (Å²) in [6, 6.07) is 18.8. The number of anilines is 2. The van der Waals surface area contributed by atoms with Gasteiger partial charge in [0, 0.05) is 69.3 Å². The lowest BCUT2D eigenvalue weighted by Gasteiger charge is -2.13. The molecule has 2 heterocycles. The zero-order valence-electron chi connectivity index (χ0n) is 35.5. The van der Waals surface area contributed by atoms with Crippen LogP contribution < -0.4 is 10.6 Å². The van der Waals surface area contributed by atoms with Crippen LogP contribution in [0.5, 0.6) is 11.5 Å². The first-order valence-corrected chi connectivity index (χ1v) is 22.6. The average molecular weight is 995 g/mol. The second-order valence-electron chi connectivity index (χ2n) is 15.2. The molecule has 0 aromatic heterocycles. The Bertz CT molecular complexity index is 3410. The number of aromatic hydroxyl groups is 2. The molecule has 8 rings (SSSR count). The minimum Gasteiger partial charge on any atom is -0.506 e. The third-order valence-electron chi connectivity index (χ3n) is 10.7. The van der Waals surface area contributed by atoms with Gasteiger partial charge in [-0.25, -0.2) is 4.79 Å². The number of nitro benzene ring substituents is 2. The van der Waals surface area contributed by atoms with Gasteiger partial charge in [-0.3, -0.25) is 38.9 Å². The number of rotatable bonds is 12. The molecule has 2 aliphatic rings. The molecule has 27 nitrogen and oxygen atoms in total. The van der Waals surface area contributed by atoms with E-state index >= 15 is 0 Å². The summed E-state index contributed by atoms with van der Waals surface area (Å²) in [6.07, 6.45) is 0. The van der Waals surface area contributed by atoms with Gasteiger partial charge in [0.25, 0.3) is 43.4 Å². The van der Waals surface area contributed by atoms with Crippen LogP contribution in [0.4, 0.5) is 38.9 Å². The Morgan fingerprint density at radius 1 is 0.600 bits per heavy atom. The Morgan fingerprint density at radius 3 is 1.29 bits per heavy atom. The summed E-state index contributed by atoms with van der Waals surface area (Å²) < 4.78 is 67.5. The highest BCUT2D eigenvalue weighted by Gasteiger charge is 2.37. The van der Waals surface area contributed by atoms with Crippen LogP contribution in [0.3, 0.4) is 0 Å². The molecule has 6 N–H and O–H groups in total. The van der Waals surface area contributed by atoms with Crippen LogP contribution in [0.2, 0.25) is 0 Å². The minimum atomic E-state index is -4.96. The van der Waals surface area contributed by atoms with E-state index in [2.05, 4.69) is 41.5 Å². The van der Waals surface area contributed by atoms with Crippen molar-refractivity contribution in [3.8, 4) is 11.5 Å². The fourth-order valence-electron chi connectivity index (χ4n) is 7.55. The normalized spacial score (nSPS) is 16.4. The maximum Gasteiger partial charge on any atom is 0.323 e. The number of carbonyl (C=O) groups is 3. The molecule has 0 saturated carbocycles. The van der Waals surface area contributed by atoms with Crippen LogP contribution in [0.1, 0.15) is 36.8 Å². The van der Waals surface area contributed by atoms with Crippen molar-refractivity contribution in [3.63, 3.8) is 0 Å². The Labute approximate surface area is 391 Å². The third-order valence-corrected chi connectivity index (χ3v) is 12.5. The lowest BCUT2D eigenvalue weighted by Crippen LogP contribution is -2.22. The lowest BCUT2D eigenvalue weighted by molar-refractivity contribution is -0.384. The molecule has 4 amide bonds. The van der Waals surface area contributed by atoms with Crippen LogP contribution >= 0.6 is 0 Å². The van der Waals surface area contributed by atoms with Crippen molar-refractivity contribution in [2.75, 3.05) is 10.6 Å². The first-order chi connectivity index (χ1) is 33.0. The van der Waals surface area contributed by atoms with Gasteiger partial charge in [0.15, 0.2) is 0 Å². The van der Waals surface area contributed by atoms with E-state index in [9.17, 15) is 70.8 Å². The summed E-state index contributed by atoms with van der Waals surface area (Å²) in [6.45, 7) is 3.09. The molecule has 70 heavy (non-hydrogen) atoms. The van der Waals surface area contributed by atoms with Crippen molar-refractivity contribution in [2.45, 2.75) is 35.5 Å². The fourth-order valence-corrected chi connectivity index (χ4v) is 8.96. The van der Waals surface area contributed by atoms with Gasteiger partial charge in [-0.1, -0.05) is 34.5 Å². The molecular weight excluding hydrogens is 965 g/mol. The van der Waals surface area contributed by atoms with Crippen LogP contribution in [0.15, 0.2) is 138 Å². The van der Waals surface area contributed by atoms with Crippen molar-refractivity contribution < 1.29 is 60.4 Å². The Morgan fingerprint density at radius 2 is 0.957 bits per heavy atom. The van der Waals surface area contributed by atoms with Gasteiger partial charge in [0.2, 0.25) is 0 Å². The molecule has 29 heteroatoms. The molecule has 0 bridgehead atoms. The van der Waals surface area contributed by atoms with E-state index in [1.54, 1.807) is 38.1 Å². The summed E-state index contributed by atoms with van der Waals surface area (Å²) >= 11 is 0. The SMILES string of the molecule is CC1=NN(N=Nc2c(O)cc(S(=O)(=O)O)c3cc([N+](=O)[O-])ccc23)C(=O)C1c1ccc(NC(=O)Nc2ccc(C3C(=O)N(N=Nc4c(O)cc(S(=O)(=O)O)c5cc([N+](=O)[O-])ccc45)N=C3C)cc2)cc1. The van der Waals surface area contributed by atoms with Gasteiger partial charge in [-0.05, 0) is 71.8 Å². The zero-order chi connectivity index (χ0) is 50.6. The van der Waals surface area contributed by atoms with E-state index in [1.165, 1.54) is 24.3 Å². The molecule has 0 saturated heterocycles. The van der Waals surface area contributed by atoms with Crippen LogP contribution in [-0.4, -0.2) is 85.5 Å². The topological polar surface area (TPSA) is 391 Å². The number of amides is 4. The van der Waals surface area contributed by atoms with E-state index in [-0.39, 0.29) is 44.3 Å². The summed E-state index contributed by atoms with van der Waals surface area (Å²) in [5.74, 6) is -4.82. The second-order valence-corrected chi connectivity index (χ2v) is 18.0. The van der Waals surface area contributed by atoms with Crippen molar-refractivity contribution in [1.29, 1.82) is 0 Å². The van der Waals surface area contributed by atoms with Crippen molar-refractivity contribution in [2.24, 2.45) is 30.9 Å². The average Bonchev–Trinajstić information content (AvgIpc) is 3.74. The number of phenols is 2. The molecule has 2 atom stereocenters. The number of urea groups is 1. The van der Waals surface area contributed by atoms with Crippen molar-refractivity contribution in [1.82, 2.24) is 10.2 Å². The summed E-state index contributed by atoms with van der Waals surface area (Å²) in [5.41, 5.74) is 0.307. The Kier molecular flexibility index (Phi) is 12.0. The summed E-state index contributed by atoms with van der Waals surface area (Å²) in [5, 5.41) is 73.2. The first-order valence-electron chi connectivity index (χ1n) is 19.7. The predicted octanol–water partition coefficient (Wildman–Crippen LogP) is 7.36. The molecule has 0 aliphatic carbocycles.